The Bertz CT molecular complexity index is 550. The normalized spacial score (nSPS) is 20.4. The molecule has 138 valence electrons. The van der Waals surface area contributed by atoms with E-state index in [1.165, 1.54) is 0 Å². The zero-order chi connectivity index (χ0) is 18.1. The van der Waals surface area contributed by atoms with E-state index < -0.39 is 18.0 Å². The van der Waals surface area contributed by atoms with E-state index in [-0.39, 0.29) is 12.6 Å². The van der Waals surface area contributed by atoms with E-state index in [1.807, 2.05) is 35.2 Å². The molecule has 1 aliphatic rings. The SMILES string of the molecule is O=C(O)CN1CCCCC[C@H](NC(CCc2ccccc2)C(=O)O)C1. The number of aryl methyl sites for hydroxylation is 1. The molecule has 2 rings (SSSR count). The van der Waals surface area contributed by atoms with Crippen molar-refractivity contribution in [1.29, 1.82) is 0 Å². The number of hydrogen-bond acceptors (Lipinski definition) is 4. The number of benzene rings is 1. The fourth-order valence-corrected chi connectivity index (χ4v) is 3.39. The minimum absolute atomic E-state index is 0.0107. The van der Waals surface area contributed by atoms with Crippen LogP contribution in [-0.4, -0.2) is 58.8 Å². The highest BCUT2D eigenvalue weighted by Gasteiger charge is 2.24. The molecule has 3 N–H and O–H groups in total. The first-order valence-electron chi connectivity index (χ1n) is 9.01. The van der Waals surface area contributed by atoms with Gasteiger partial charge in [0, 0.05) is 12.6 Å². The fourth-order valence-electron chi connectivity index (χ4n) is 3.39. The Hall–Kier alpha value is -1.92. The summed E-state index contributed by atoms with van der Waals surface area (Å²) in [5.74, 6) is -1.68. The van der Waals surface area contributed by atoms with Crippen molar-refractivity contribution in [3.63, 3.8) is 0 Å². The van der Waals surface area contributed by atoms with Crippen LogP contribution in [0.3, 0.4) is 0 Å². The second-order valence-electron chi connectivity index (χ2n) is 6.76. The summed E-state index contributed by atoms with van der Waals surface area (Å²) in [6, 6.07) is 9.26. The number of rotatable bonds is 8. The molecule has 1 fully saturated rings. The molecule has 2 atom stereocenters. The second-order valence-corrected chi connectivity index (χ2v) is 6.76. The van der Waals surface area contributed by atoms with Gasteiger partial charge in [0.2, 0.25) is 0 Å². The lowest BCUT2D eigenvalue weighted by Gasteiger charge is -2.31. The molecule has 0 spiro atoms. The Morgan fingerprint density at radius 3 is 2.60 bits per heavy atom. The van der Waals surface area contributed by atoms with Crippen molar-refractivity contribution in [3.05, 3.63) is 35.9 Å². The van der Waals surface area contributed by atoms with Crippen LogP contribution in [0.5, 0.6) is 0 Å². The maximum atomic E-state index is 11.6. The van der Waals surface area contributed by atoms with Gasteiger partial charge in [-0.15, -0.1) is 0 Å². The number of aliphatic carboxylic acids is 2. The van der Waals surface area contributed by atoms with Crippen molar-refractivity contribution in [2.24, 2.45) is 0 Å². The zero-order valence-corrected chi connectivity index (χ0v) is 14.6. The first-order chi connectivity index (χ1) is 12.0. The molecule has 1 aromatic rings. The van der Waals surface area contributed by atoms with Gasteiger partial charge < -0.3 is 15.5 Å². The van der Waals surface area contributed by atoms with Crippen molar-refractivity contribution in [1.82, 2.24) is 10.2 Å². The lowest BCUT2D eigenvalue weighted by Crippen LogP contribution is -2.50. The van der Waals surface area contributed by atoms with Gasteiger partial charge in [-0.25, -0.2) is 0 Å². The van der Waals surface area contributed by atoms with Crippen LogP contribution in [0.4, 0.5) is 0 Å². The van der Waals surface area contributed by atoms with Crippen molar-refractivity contribution < 1.29 is 19.8 Å². The molecule has 25 heavy (non-hydrogen) atoms. The van der Waals surface area contributed by atoms with Crippen molar-refractivity contribution in [2.75, 3.05) is 19.6 Å². The molecule has 1 heterocycles. The third-order valence-electron chi connectivity index (χ3n) is 4.66. The van der Waals surface area contributed by atoms with Crippen LogP contribution >= 0.6 is 0 Å². The minimum atomic E-state index is -0.845. The first kappa shape index (κ1) is 19.4. The van der Waals surface area contributed by atoms with Gasteiger partial charge in [0.25, 0.3) is 0 Å². The molecule has 0 saturated carbocycles. The summed E-state index contributed by atoms with van der Waals surface area (Å²) in [5, 5.41) is 21.8. The average Bonchev–Trinajstić information content (AvgIpc) is 2.55. The third-order valence-corrected chi connectivity index (χ3v) is 4.66. The molecular formula is C19H28N2O4. The Morgan fingerprint density at radius 2 is 1.92 bits per heavy atom. The van der Waals surface area contributed by atoms with Gasteiger partial charge in [0.15, 0.2) is 0 Å². The van der Waals surface area contributed by atoms with Crippen molar-refractivity contribution in [2.45, 2.75) is 50.6 Å². The predicted molar refractivity (Wildman–Crippen MR) is 95.7 cm³/mol. The lowest BCUT2D eigenvalue weighted by atomic mass is 10.0. The molecule has 1 aromatic carbocycles. The van der Waals surface area contributed by atoms with Gasteiger partial charge in [-0.1, -0.05) is 43.2 Å². The summed E-state index contributed by atoms with van der Waals surface area (Å²) in [6.07, 6.45) is 5.20. The molecule has 0 aliphatic carbocycles. The largest absolute Gasteiger partial charge is 0.480 e. The van der Waals surface area contributed by atoms with Gasteiger partial charge >= 0.3 is 11.9 Å². The number of carbonyl (C=O) groups is 2. The number of nitrogens with one attached hydrogen (secondary N) is 1. The number of hydrogen-bond donors (Lipinski definition) is 3. The molecule has 0 amide bonds. The molecule has 1 unspecified atom stereocenters. The summed E-state index contributed by atoms with van der Waals surface area (Å²) in [7, 11) is 0. The first-order valence-corrected chi connectivity index (χ1v) is 9.01. The number of carboxylic acids is 2. The van der Waals surface area contributed by atoms with Gasteiger partial charge in [-0.3, -0.25) is 14.5 Å². The van der Waals surface area contributed by atoms with Crippen LogP contribution in [0.25, 0.3) is 0 Å². The Balaban J connectivity index is 1.93. The topological polar surface area (TPSA) is 89.9 Å². The van der Waals surface area contributed by atoms with Crippen molar-refractivity contribution >= 4 is 11.9 Å². The molecule has 0 aromatic heterocycles. The molecule has 0 radical (unpaired) electrons. The van der Waals surface area contributed by atoms with Gasteiger partial charge in [0.05, 0.1) is 6.54 Å². The van der Waals surface area contributed by atoms with E-state index in [4.69, 9.17) is 5.11 Å². The summed E-state index contributed by atoms with van der Waals surface area (Å²) in [6.45, 7) is 1.35. The lowest BCUT2D eigenvalue weighted by molar-refractivity contribution is -0.141. The quantitative estimate of drug-likeness (QED) is 0.666. The maximum Gasteiger partial charge on any atom is 0.320 e. The summed E-state index contributed by atoms with van der Waals surface area (Å²) >= 11 is 0. The van der Waals surface area contributed by atoms with Crippen LogP contribution in [0.2, 0.25) is 0 Å². The summed E-state index contributed by atoms with van der Waals surface area (Å²) < 4.78 is 0. The van der Waals surface area contributed by atoms with Crippen LogP contribution in [0, 0.1) is 0 Å². The predicted octanol–water partition coefficient (Wildman–Crippen LogP) is 1.99. The molecule has 1 saturated heterocycles. The van der Waals surface area contributed by atoms with Gasteiger partial charge in [-0.05, 0) is 37.8 Å². The van der Waals surface area contributed by atoms with E-state index in [0.29, 0.717) is 19.4 Å². The number of nitrogens with zero attached hydrogens (tertiary/aromatic N) is 1. The number of carboxylic acid groups (broad SMARTS) is 2. The van der Waals surface area contributed by atoms with Crippen LogP contribution in [-0.2, 0) is 16.0 Å². The highest BCUT2D eigenvalue weighted by molar-refractivity contribution is 5.73. The molecule has 6 nitrogen and oxygen atoms in total. The maximum absolute atomic E-state index is 11.6. The average molecular weight is 348 g/mol. The highest BCUT2D eigenvalue weighted by atomic mass is 16.4. The van der Waals surface area contributed by atoms with Crippen LogP contribution in [0.15, 0.2) is 30.3 Å². The van der Waals surface area contributed by atoms with Gasteiger partial charge in [-0.2, -0.15) is 0 Å². The van der Waals surface area contributed by atoms with Crippen LogP contribution < -0.4 is 5.32 Å². The third kappa shape index (κ3) is 7.23. The van der Waals surface area contributed by atoms with E-state index in [1.54, 1.807) is 0 Å². The molecule has 6 heteroatoms. The smallest absolute Gasteiger partial charge is 0.320 e. The van der Waals surface area contributed by atoms with E-state index in [2.05, 4.69) is 5.32 Å². The van der Waals surface area contributed by atoms with Crippen molar-refractivity contribution in [3.8, 4) is 0 Å². The molecular weight excluding hydrogens is 320 g/mol. The van der Waals surface area contributed by atoms with Crippen LogP contribution in [0.1, 0.15) is 37.7 Å². The fraction of sp³-hybridized carbons (Fsp3) is 0.579. The zero-order valence-electron chi connectivity index (χ0n) is 14.6. The minimum Gasteiger partial charge on any atom is -0.480 e. The summed E-state index contributed by atoms with van der Waals surface area (Å²) in [4.78, 5) is 24.6. The highest BCUT2D eigenvalue weighted by Crippen LogP contribution is 2.13. The monoisotopic (exact) mass is 348 g/mol. The summed E-state index contributed by atoms with van der Waals surface area (Å²) in [5.41, 5.74) is 1.13. The standard InChI is InChI=1S/C19H28N2O4/c22-18(23)14-21-12-6-2-5-9-16(13-21)20-17(19(24)25)11-10-15-7-3-1-4-8-15/h1,3-4,7-8,16-17,20H,2,5-6,9-14H2,(H,22,23)(H,24,25)/t16-,17?/m0/s1. The Labute approximate surface area is 148 Å². The molecule has 1 aliphatic heterocycles. The van der Waals surface area contributed by atoms with Gasteiger partial charge in [0.1, 0.15) is 6.04 Å². The second kappa shape index (κ2) is 10.2. The number of likely N-dealkylation sites (tertiary alicyclic amines) is 1. The van der Waals surface area contributed by atoms with E-state index in [0.717, 1.165) is 37.8 Å². The Kier molecular flexibility index (Phi) is 7.88. The molecule has 0 bridgehead atoms. The van der Waals surface area contributed by atoms with E-state index in [9.17, 15) is 14.7 Å². The Morgan fingerprint density at radius 1 is 1.16 bits per heavy atom. The van der Waals surface area contributed by atoms with E-state index >= 15 is 0 Å².